The van der Waals surface area contributed by atoms with Crippen molar-refractivity contribution in [1.82, 2.24) is 9.21 Å². The number of rotatable bonds is 5. The molecule has 0 saturated carbocycles. The summed E-state index contributed by atoms with van der Waals surface area (Å²) in [6, 6.07) is 9.04. The molecule has 0 amide bonds. The zero-order chi connectivity index (χ0) is 22.1. The van der Waals surface area contributed by atoms with Crippen LogP contribution in [0.3, 0.4) is 0 Å². The molecule has 1 aromatic carbocycles. The number of piperidine rings is 1. The van der Waals surface area contributed by atoms with Crippen LogP contribution in [0, 0.1) is 5.41 Å². The molecular weight excluding hydrogens is 454 g/mol. The quantitative estimate of drug-likeness (QED) is 0.654. The number of benzene rings is 1. The van der Waals surface area contributed by atoms with E-state index in [1.807, 2.05) is 18.2 Å². The molecule has 10 heteroatoms. The van der Waals surface area contributed by atoms with E-state index in [2.05, 4.69) is 10.2 Å². The first-order valence-corrected chi connectivity index (χ1v) is 12.9. The maximum atomic E-state index is 12.8. The Morgan fingerprint density at radius 1 is 1.10 bits per heavy atom. The number of hydrogen-bond donors (Lipinski definition) is 1. The normalized spacial score (nSPS) is 18.8. The topological polar surface area (TPSA) is 71.1 Å². The van der Waals surface area contributed by atoms with E-state index in [4.69, 9.17) is 21.7 Å². The number of ether oxygens (including phenoxy) is 2. The Kier molecular flexibility index (Phi) is 6.43. The number of thiophene rings is 1. The standard InChI is InChI=1S/C21H27N3O4S3/c1-27-17-12-16(13-18(14-17)28-2)22-20(29)23-8-5-21(15-23)6-9-24(10-7-21)31(25,26)19-4-3-11-30-19/h3-4,11-14H,5-10,15H2,1-2H3,(H,22,29). The number of nitrogens with zero attached hydrogens (tertiary/aromatic N) is 2. The smallest absolute Gasteiger partial charge is 0.252 e. The van der Waals surface area contributed by atoms with Crippen LogP contribution in [0.25, 0.3) is 0 Å². The van der Waals surface area contributed by atoms with Gasteiger partial charge in [-0.1, -0.05) is 6.07 Å². The zero-order valence-electron chi connectivity index (χ0n) is 17.7. The van der Waals surface area contributed by atoms with Crippen LogP contribution in [0.2, 0.25) is 0 Å². The van der Waals surface area contributed by atoms with E-state index in [0.29, 0.717) is 33.9 Å². The second-order valence-electron chi connectivity index (χ2n) is 8.04. The molecule has 2 aliphatic rings. The molecule has 7 nitrogen and oxygen atoms in total. The van der Waals surface area contributed by atoms with Gasteiger partial charge < -0.3 is 19.7 Å². The van der Waals surface area contributed by atoms with Gasteiger partial charge in [-0.05, 0) is 48.3 Å². The average Bonchev–Trinajstić information content (AvgIpc) is 3.45. The second kappa shape index (κ2) is 8.93. The first kappa shape index (κ1) is 22.3. The van der Waals surface area contributed by atoms with Crippen molar-refractivity contribution < 1.29 is 17.9 Å². The number of sulfonamides is 1. The Morgan fingerprint density at radius 3 is 2.32 bits per heavy atom. The molecular formula is C21H27N3O4S3. The van der Waals surface area contributed by atoms with Crippen LogP contribution < -0.4 is 14.8 Å². The number of nitrogens with one attached hydrogen (secondary N) is 1. The average molecular weight is 482 g/mol. The maximum absolute atomic E-state index is 12.8. The highest BCUT2D eigenvalue weighted by molar-refractivity contribution is 7.91. The molecule has 0 radical (unpaired) electrons. The van der Waals surface area contributed by atoms with Gasteiger partial charge in [0.2, 0.25) is 0 Å². The lowest BCUT2D eigenvalue weighted by Gasteiger charge is -2.38. The third-order valence-electron chi connectivity index (χ3n) is 6.20. The third kappa shape index (κ3) is 4.67. The Balaban J connectivity index is 1.37. The van der Waals surface area contributed by atoms with Crippen molar-refractivity contribution in [3.05, 3.63) is 35.7 Å². The van der Waals surface area contributed by atoms with Gasteiger partial charge in [-0.25, -0.2) is 8.42 Å². The van der Waals surface area contributed by atoms with E-state index >= 15 is 0 Å². The van der Waals surface area contributed by atoms with Gasteiger partial charge in [-0.2, -0.15) is 4.31 Å². The van der Waals surface area contributed by atoms with Gasteiger partial charge in [-0.15, -0.1) is 11.3 Å². The summed E-state index contributed by atoms with van der Waals surface area (Å²) in [5.74, 6) is 1.39. The highest BCUT2D eigenvalue weighted by Crippen LogP contribution is 2.42. The van der Waals surface area contributed by atoms with E-state index in [9.17, 15) is 8.42 Å². The Bertz CT molecular complexity index is 1010. The zero-order valence-corrected chi connectivity index (χ0v) is 20.1. The largest absolute Gasteiger partial charge is 0.497 e. The molecule has 1 spiro atoms. The van der Waals surface area contributed by atoms with E-state index in [1.54, 1.807) is 36.0 Å². The van der Waals surface area contributed by atoms with E-state index < -0.39 is 10.0 Å². The predicted molar refractivity (Wildman–Crippen MR) is 127 cm³/mol. The minimum Gasteiger partial charge on any atom is -0.497 e. The minimum absolute atomic E-state index is 0.110. The summed E-state index contributed by atoms with van der Waals surface area (Å²) in [5.41, 5.74) is 0.929. The molecule has 0 aliphatic carbocycles. The fourth-order valence-corrected chi connectivity index (χ4v) is 7.20. The van der Waals surface area contributed by atoms with E-state index in [0.717, 1.165) is 38.0 Å². The molecule has 0 atom stereocenters. The number of likely N-dealkylation sites (tertiary alicyclic amines) is 1. The summed E-state index contributed by atoms with van der Waals surface area (Å²) in [7, 11) is -0.138. The van der Waals surface area contributed by atoms with Crippen molar-refractivity contribution in [2.75, 3.05) is 45.7 Å². The monoisotopic (exact) mass is 481 g/mol. The molecule has 2 fully saturated rings. The molecule has 0 unspecified atom stereocenters. The van der Waals surface area contributed by atoms with E-state index in [-0.39, 0.29) is 5.41 Å². The van der Waals surface area contributed by atoms with Crippen molar-refractivity contribution >= 4 is 44.4 Å². The van der Waals surface area contributed by atoms with Gasteiger partial charge in [0.1, 0.15) is 15.7 Å². The molecule has 168 valence electrons. The lowest BCUT2D eigenvalue weighted by Crippen LogP contribution is -2.44. The predicted octanol–water partition coefficient (Wildman–Crippen LogP) is 3.64. The van der Waals surface area contributed by atoms with Crippen molar-refractivity contribution in [3.63, 3.8) is 0 Å². The highest BCUT2D eigenvalue weighted by atomic mass is 32.2. The van der Waals surface area contributed by atoms with Gasteiger partial charge in [0.25, 0.3) is 10.0 Å². The summed E-state index contributed by atoms with van der Waals surface area (Å²) in [6.07, 6.45) is 2.72. The van der Waals surface area contributed by atoms with Gasteiger partial charge >= 0.3 is 0 Å². The highest BCUT2D eigenvalue weighted by Gasteiger charge is 2.43. The van der Waals surface area contributed by atoms with Gasteiger partial charge in [-0.3, -0.25) is 0 Å². The Hall–Kier alpha value is -1.88. The fraction of sp³-hybridized carbons (Fsp3) is 0.476. The molecule has 1 N–H and O–H groups in total. The molecule has 4 rings (SSSR count). The molecule has 2 aliphatic heterocycles. The number of anilines is 1. The van der Waals surface area contributed by atoms with Gasteiger partial charge in [0, 0.05) is 50.1 Å². The van der Waals surface area contributed by atoms with Crippen LogP contribution >= 0.6 is 23.6 Å². The molecule has 3 heterocycles. The Morgan fingerprint density at radius 2 is 1.74 bits per heavy atom. The van der Waals surface area contributed by atoms with Crippen LogP contribution in [0.5, 0.6) is 11.5 Å². The number of hydrogen-bond acceptors (Lipinski definition) is 6. The summed E-state index contributed by atoms with van der Waals surface area (Å²) in [5, 5.41) is 5.77. The van der Waals surface area contributed by atoms with Crippen LogP contribution in [0.4, 0.5) is 5.69 Å². The minimum atomic E-state index is -3.37. The van der Waals surface area contributed by atoms with E-state index in [1.165, 1.54) is 11.3 Å². The SMILES string of the molecule is COc1cc(NC(=S)N2CCC3(CCN(S(=O)(=O)c4cccs4)CC3)C2)cc(OC)c1. The van der Waals surface area contributed by atoms with Crippen LogP contribution in [-0.4, -0.2) is 63.1 Å². The molecule has 2 aromatic rings. The second-order valence-corrected chi connectivity index (χ2v) is 11.5. The summed E-state index contributed by atoms with van der Waals surface area (Å²) >= 11 is 6.95. The summed E-state index contributed by atoms with van der Waals surface area (Å²) in [6.45, 7) is 2.82. The molecule has 31 heavy (non-hydrogen) atoms. The maximum Gasteiger partial charge on any atom is 0.252 e. The van der Waals surface area contributed by atoms with Crippen LogP contribution in [0.15, 0.2) is 39.9 Å². The summed E-state index contributed by atoms with van der Waals surface area (Å²) < 4.78 is 38.3. The van der Waals surface area contributed by atoms with Crippen LogP contribution in [0.1, 0.15) is 19.3 Å². The molecule has 0 bridgehead atoms. The summed E-state index contributed by atoms with van der Waals surface area (Å²) in [4.78, 5) is 2.19. The van der Waals surface area contributed by atoms with Gasteiger partial charge in [0.15, 0.2) is 5.11 Å². The van der Waals surface area contributed by atoms with Gasteiger partial charge in [0.05, 0.1) is 14.2 Å². The van der Waals surface area contributed by atoms with Crippen molar-refractivity contribution in [3.8, 4) is 11.5 Å². The first-order chi connectivity index (χ1) is 14.8. The number of thiocarbonyl (C=S) groups is 1. The van der Waals surface area contributed by atoms with Crippen molar-refractivity contribution in [1.29, 1.82) is 0 Å². The molecule has 2 saturated heterocycles. The van der Waals surface area contributed by atoms with Crippen LogP contribution in [-0.2, 0) is 10.0 Å². The lowest BCUT2D eigenvalue weighted by atomic mass is 9.78. The Labute approximate surface area is 193 Å². The number of methoxy groups -OCH3 is 2. The molecule has 1 aromatic heterocycles. The fourth-order valence-electron chi connectivity index (χ4n) is 4.34. The third-order valence-corrected chi connectivity index (χ3v) is 9.83. The van der Waals surface area contributed by atoms with Crippen molar-refractivity contribution in [2.24, 2.45) is 5.41 Å². The first-order valence-electron chi connectivity index (χ1n) is 10.2. The lowest BCUT2D eigenvalue weighted by molar-refractivity contribution is 0.167. The van der Waals surface area contributed by atoms with Crippen molar-refractivity contribution in [2.45, 2.75) is 23.5 Å².